The molecule has 1 fully saturated rings. The fourth-order valence-electron chi connectivity index (χ4n) is 2.92. The summed E-state index contributed by atoms with van der Waals surface area (Å²) >= 11 is 0. The van der Waals surface area contributed by atoms with E-state index < -0.39 is 0 Å². The zero-order valence-electron chi connectivity index (χ0n) is 12.6. The van der Waals surface area contributed by atoms with E-state index in [1.807, 2.05) is 6.07 Å². The SMILES string of the molecule is COc1ccc(CCCC(=O)NC2CCCC2)cc1C. The van der Waals surface area contributed by atoms with Crippen molar-refractivity contribution in [2.24, 2.45) is 0 Å². The molecule has 0 aromatic heterocycles. The van der Waals surface area contributed by atoms with Gasteiger partial charge in [-0.15, -0.1) is 0 Å². The standard InChI is InChI=1S/C17H25NO2/c1-13-12-14(10-11-16(13)20-2)6-5-9-17(19)18-15-7-3-4-8-15/h10-12,15H,3-9H2,1-2H3,(H,18,19). The number of methoxy groups -OCH3 is 1. The molecule has 1 aliphatic carbocycles. The number of ether oxygens (including phenoxy) is 1. The van der Waals surface area contributed by atoms with Gasteiger partial charge in [0.15, 0.2) is 0 Å². The van der Waals surface area contributed by atoms with Crippen LogP contribution in [0.5, 0.6) is 5.75 Å². The summed E-state index contributed by atoms with van der Waals surface area (Å²) in [5.74, 6) is 1.13. The van der Waals surface area contributed by atoms with Gasteiger partial charge < -0.3 is 10.1 Å². The molecule has 2 rings (SSSR count). The van der Waals surface area contributed by atoms with Crippen LogP contribution in [-0.4, -0.2) is 19.1 Å². The summed E-state index contributed by atoms with van der Waals surface area (Å²) in [5.41, 5.74) is 2.43. The number of nitrogens with one attached hydrogen (secondary N) is 1. The monoisotopic (exact) mass is 275 g/mol. The maximum absolute atomic E-state index is 11.8. The quantitative estimate of drug-likeness (QED) is 0.864. The number of hydrogen-bond donors (Lipinski definition) is 1. The van der Waals surface area contributed by atoms with Gasteiger partial charge in [0.05, 0.1) is 7.11 Å². The minimum Gasteiger partial charge on any atom is -0.496 e. The molecule has 1 aromatic carbocycles. The van der Waals surface area contributed by atoms with E-state index in [9.17, 15) is 4.79 Å². The molecular formula is C17H25NO2. The molecule has 3 heteroatoms. The Kier molecular flexibility index (Phi) is 5.45. The Bertz CT molecular complexity index is 450. The van der Waals surface area contributed by atoms with Crippen molar-refractivity contribution in [2.45, 2.75) is 57.9 Å². The topological polar surface area (TPSA) is 38.3 Å². The lowest BCUT2D eigenvalue weighted by Crippen LogP contribution is -2.32. The Hall–Kier alpha value is -1.51. The van der Waals surface area contributed by atoms with Crippen molar-refractivity contribution in [1.29, 1.82) is 0 Å². The zero-order chi connectivity index (χ0) is 14.4. The molecule has 1 aliphatic rings. The summed E-state index contributed by atoms with van der Waals surface area (Å²) < 4.78 is 5.25. The molecule has 3 nitrogen and oxygen atoms in total. The fraction of sp³-hybridized carbons (Fsp3) is 0.588. The van der Waals surface area contributed by atoms with Crippen LogP contribution in [0.3, 0.4) is 0 Å². The molecule has 110 valence electrons. The third-order valence-corrected chi connectivity index (χ3v) is 4.05. The summed E-state index contributed by atoms with van der Waals surface area (Å²) in [6.07, 6.45) is 7.31. The Morgan fingerprint density at radius 1 is 1.35 bits per heavy atom. The molecule has 0 bridgehead atoms. The summed E-state index contributed by atoms with van der Waals surface area (Å²) in [7, 11) is 1.69. The van der Waals surface area contributed by atoms with Crippen molar-refractivity contribution in [2.75, 3.05) is 7.11 Å². The molecule has 0 saturated heterocycles. The van der Waals surface area contributed by atoms with Crippen LogP contribution in [-0.2, 0) is 11.2 Å². The molecule has 1 N–H and O–H groups in total. The maximum Gasteiger partial charge on any atom is 0.220 e. The number of hydrogen-bond acceptors (Lipinski definition) is 2. The molecule has 0 spiro atoms. The maximum atomic E-state index is 11.8. The van der Waals surface area contributed by atoms with E-state index in [1.54, 1.807) is 7.11 Å². The third kappa shape index (κ3) is 4.26. The van der Waals surface area contributed by atoms with Crippen LogP contribution in [0.4, 0.5) is 0 Å². The Balaban J connectivity index is 1.72. The van der Waals surface area contributed by atoms with E-state index in [0.29, 0.717) is 12.5 Å². The van der Waals surface area contributed by atoms with Crippen molar-refractivity contribution < 1.29 is 9.53 Å². The van der Waals surface area contributed by atoms with Crippen LogP contribution in [0, 0.1) is 6.92 Å². The van der Waals surface area contributed by atoms with E-state index in [1.165, 1.54) is 18.4 Å². The zero-order valence-corrected chi connectivity index (χ0v) is 12.6. The van der Waals surface area contributed by atoms with Gasteiger partial charge in [0.1, 0.15) is 5.75 Å². The molecule has 1 saturated carbocycles. The van der Waals surface area contributed by atoms with Gasteiger partial charge in [-0.2, -0.15) is 0 Å². The predicted molar refractivity (Wildman–Crippen MR) is 81.1 cm³/mol. The number of amides is 1. The second-order valence-corrected chi connectivity index (χ2v) is 5.71. The lowest BCUT2D eigenvalue weighted by molar-refractivity contribution is -0.121. The van der Waals surface area contributed by atoms with Gasteiger partial charge in [-0.25, -0.2) is 0 Å². The average Bonchev–Trinajstić information content (AvgIpc) is 2.92. The van der Waals surface area contributed by atoms with Gasteiger partial charge in [-0.05, 0) is 49.8 Å². The third-order valence-electron chi connectivity index (χ3n) is 4.05. The number of carbonyl (C=O) groups is 1. The molecule has 0 aliphatic heterocycles. The number of rotatable bonds is 6. The Morgan fingerprint density at radius 3 is 2.75 bits per heavy atom. The first-order valence-electron chi connectivity index (χ1n) is 7.62. The van der Waals surface area contributed by atoms with Crippen LogP contribution in [0.2, 0.25) is 0 Å². The lowest BCUT2D eigenvalue weighted by atomic mass is 10.0. The summed E-state index contributed by atoms with van der Waals surface area (Å²) in [5, 5.41) is 3.14. The fourth-order valence-corrected chi connectivity index (χ4v) is 2.92. The minimum atomic E-state index is 0.210. The van der Waals surface area contributed by atoms with Gasteiger partial charge in [0.2, 0.25) is 5.91 Å². The summed E-state index contributed by atoms with van der Waals surface area (Å²) in [4.78, 5) is 11.8. The van der Waals surface area contributed by atoms with Gasteiger partial charge in [-0.3, -0.25) is 4.79 Å². The van der Waals surface area contributed by atoms with E-state index in [0.717, 1.165) is 37.0 Å². The van der Waals surface area contributed by atoms with Gasteiger partial charge >= 0.3 is 0 Å². The van der Waals surface area contributed by atoms with E-state index in [4.69, 9.17) is 4.74 Å². The molecule has 1 aromatic rings. The highest BCUT2D eigenvalue weighted by atomic mass is 16.5. The van der Waals surface area contributed by atoms with Crippen molar-refractivity contribution in [3.8, 4) is 5.75 Å². The van der Waals surface area contributed by atoms with Crippen LogP contribution in [0.15, 0.2) is 18.2 Å². The number of aryl methyl sites for hydroxylation is 2. The second-order valence-electron chi connectivity index (χ2n) is 5.71. The highest BCUT2D eigenvalue weighted by molar-refractivity contribution is 5.76. The molecule has 20 heavy (non-hydrogen) atoms. The normalized spacial score (nSPS) is 15.3. The molecule has 0 atom stereocenters. The average molecular weight is 275 g/mol. The van der Waals surface area contributed by atoms with Crippen molar-refractivity contribution in [3.05, 3.63) is 29.3 Å². The van der Waals surface area contributed by atoms with Crippen LogP contribution in [0.1, 0.15) is 49.7 Å². The van der Waals surface area contributed by atoms with Crippen molar-refractivity contribution in [3.63, 3.8) is 0 Å². The molecule has 1 amide bonds. The lowest BCUT2D eigenvalue weighted by Gasteiger charge is -2.12. The van der Waals surface area contributed by atoms with E-state index in [2.05, 4.69) is 24.4 Å². The minimum absolute atomic E-state index is 0.210. The largest absolute Gasteiger partial charge is 0.496 e. The van der Waals surface area contributed by atoms with Gasteiger partial charge in [-0.1, -0.05) is 25.0 Å². The van der Waals surface area contributed by atoms with E-state index in [-0.39, 0.29) is 5.91 Å². The van der Waals surface area contributed by atoms with Crippen LogP contribution in [0.25, 0.3) is 0 Å². The molecule has 0 radical (unpaired) electrons. The first-order valence-corrected chi connectivity index (χ1v) is 7.62. The summed E-state index contributed by atoms with van der Waals surface area (Å²) in [6, 6.07) is 6.67. The number of benzene rings is 1. The number of carbonyl (C=O) groups excluding carboxylic acids is 1. The Labute approximate surface area is 121 Å². The molecule has 0 unspecified atom stereocenters. The van der Waals surface area contributed by atoms with Crippen molar-refractivity contribution >= 4 is 5.91 Å². The first-order chi connectivity index (χ1) is 9.69. The summed E-state index contributed by atoms with van der Waals surface area (Å²) in [6.45, 7) is 2.05. The predicted octanol–water partition coefficient (Wildman–Crippen LogP) is 3.39. The van der Waals surface area contributed by atoms with Gasteiger partial charge in [0.25, 0.3) is 0 Å². The smallest absolute Gasteiger partial charge is 0.220 e. The van der Waals surface area contributed by atoms with E-state index >= 15 is 0 Å². The first kappa shape index (κ1) is 14.9. The highest BCUT2D eigenvalue weighted by Gasteiger charge is 2.16. The van der Waals surface area contributed by atoms with Crippen LogP contribution >= 0.6 is 0 Å². The van der Waals surface area contributed by atoms with Crippen LogP contribution < -0.4 is 10.1 Å². The Morgan fingerprint density at radius 2 is 2.10 bits per heavy atom. The highest BCUT2D eigenvalue weighted by Crippen LogP contribution is 2.20. The van der Waals surface area contributed by atoms with Gasteiger partial charge in [0, 0.05) is 12.5 Å². The molecular weight excluding hydrogens is 250 g/mol. The second kappa shape index (κ2) is 7.32. The van der Waals surface area contributed by atoms with Crippen molar-refractivity contribution in [1.82, 2.24) is 5.32 Å². The molecule has 0 heterocycles.